The third-order valence-electron chi connectivity index (χ3n) is 4.68. The van der Waals surface area contributed by atoms with Gasteiger partial charge in [-0.15, -0.1) is 0 Å². The van der Waals surface area contributed by atoms with Gasteiger partial charge < -0.3 is 9.80 Å². The number of rotatable bonds is 7. The largest absolute Gasteiger partial charge is 0.368 e. The number of sulfonamides is 1. The number of nitrogens with one attached hydrogen (secondary N) is 2. The van der Waals surface area contributed by atoms with Crippen LogP contribution in [-0.2, 0) is 14.8 Å². The Kier molecular flexibility index (Phi) is 6.58. The van der Waals surface area contributed by atoms with E-state index in [2.05, 4.69) is 14.6 Å². The zero-order chi connectivity index (χ0) is 20.0. The van der Waals surface area contributed by atoms with Gasteiger partial charge in [0.05, 0.1) is 4.90 Å². The molecular weight excluding hydrogens is 383 g/mol. The van der Waals surface area contributed by atoms with Gasteiger partial charge in [0, 0.05) is 57.0 Å². The number of halogens is 1. The molecule has 1 aliphatic heterocycles. The molecule has 0 spiro atoms. The quantitative estimate of drug-likeness (QED) is 0.696. The molecule has 1 saturated heterocycles. The average Bonchev–Trinajstić information content (AvgIpc) is 2.72. The van der Waals surface area contributed by atoms with Crippen molar-refractivity contribution in [3.63, 3.8) is 0 Å². The molecule has 1 amide bonds. The summed E-state index contributed by atoms with van der Waals surface area (Å²) in [7, 11) is -3.69. The van der Waals surface area contributed by atoms with Crippen LogP contribution >= 0.6 is 0 Å². The highest BCUT2D eigenvalue weighted by Crippen LogP contribution is 2.15. The number of piperazine rings is 1. The monoisotopic (exact) mass is 407 g/mol. The Morgan fingerprint density at radius 2 is 1.68 bits per heavy atom. The number of aromatic amines is 1. The van der Waals surface area contributed by atoms with Gasteiger partial charge in [-0.1, -0.05) is 0 Å². The number of aromatic nitrogens is 1. The molecule has 1 aliphatic rings. The summed E-state index contributed by atoms with van der Waals surface area (Å²) in [6.07, 6.45) is 4.44. The van der Waals surface area contributed by atoms with Gasteiger partial charge in [0.1, 0.15) is 5.82 Å². The summed E-state index contributed by atoms with van der Waals surface area (Å²) < 4.78 is 39.6. The van der Waals surface area contributed by atoms with Crippen molar-refractivity contribution in [2.45, 2.75) is 17.7 Å². The second-order valence-electron chi connectivity index (χ2n) is 6.58. The molecule has 3 rings (SSSR count). The lowest BCUT2D eigenvalue weighted by molar-refractivity contribution is -0.377. The van der Waals surface area contributed by atoms with Crippen molar-refractivity contribution in [3.05, 3.63) is 54.6 Å². The first kappa shape index (κ1) is 20.2. The third-order valence-corrected chi connectivity index (χ3v) is 6.16. The summed E-state index contributed by atoms with van der Waals surface area (Å²) in [5.41, 5.74) is 1.13. The van der Waals surface area contributed by atoms with Crippen LogP contribution in [0.2, 0.25) is 0 Å². The average molecular weight is 407 g/mol. The molecule has 0 saturated carbocycles. The number of nitrogens with zero attached hydrogens (tertiary/aromatic N) is 2. The van der Waals surface area contributed by atoms with E-state index in [1.54, 1.807) is 0 Å². The molecule has 0 atom stereocenters. The van der Waals surface area contributed by atoms with Gasteiger partial charge in [-0.3, -0.25) is 4.79 Å². The van der Waals surface area contributed by atoms with Crippen LogP contribution < -0.4 is 14.6 Å². The summed E-state index contributed by atoms with van der Waals surface area (Å²) >= 11 is 0. The molecule has 1 aromatic heterocycles. The van der Waals surface area contributed by atoms with Gasteiger partial charge in [0.15, 0.2) is 12.4 Å². The van der Waals surface area contributed by atoms with Crippen LogP contribution in [0.4, 0.5) is 10.1 Å². The highest BCUT2D eigenvalue weighted by molar-refractivity contribution is 7.89. The van der Waals surface area contributed by atoms with Crippen LogP contribution in [0.15, 0.2) is 53.7 Å². The van der Waals surface area contributed by atoms with Crippen molar-refractivity contribution < 1.29 is 22.6 Å². The van der Waals surface area contributed by atoms with Crippen molar-refractivity contribution in [3.8, 4) is 0 Å². The fraction of sp³-hybridized carbons (Fsp3) is 0.368. The molecule has 7 nitrogen and oxygen atoms in total. The summed E-state index contributed by atoms with van der Waals surface area (Å²) in [6.45, 7) is 3.00. The van der Waals surface area contributed by atoms with E-state index in [-0.39, 0.29) is 23.8 Å². The van der Waals surface area contributed by atoms with E-state index in [9.17, 15) is 17.6 Å². The number of hydrogen-bond acceptors (Lipinski definition) is 4. The number of pyridine rings is 1. The summed E-state index contributed by atoms with van der Waals surface area (Å²) in [4.78, 5) is 19.4. The smallest absolute Gasteiger partial charge is 0.240 e. The molecule has 0 bridgehead atoms. The third kappa shape index (κ3) is 5.26. The Labute approximate surface area is 164 Å². The SMILES string of the molecule is O=C(CCCNS(=O)(=O)c1ccc(F)cc1)N1CCN(c2cc[nH+]cc2)CC1. The first-order valence-corrected chi connectivity index (χ1v) is 10.7. The lowest BCUT2D eigenvalue weighted by Crippen LogP contribution is -2.48. The lowest BCUT2D eigenvalue weighted by atomic mass is 10.2. The summed E-state index contributed by atoms with van der Waals surface area (Å²) in [5, 5.41) is 0. The summed E-state index contributed by atoms with van der Waals surface area (Å²) in [5.74, 6) is -0.461. The summed E-state index contributed by atoms with van der Waals surface area (Å²) in [6, 6.07) is 8.65. The fourth-order valence-electron chi connectivity index (χ4n) is 3.10. The van der Waals surface area contributed by atoms with Gasteiger partial charge >= 0.3 is 0 Å². The number of amides is 1. The van der Waals surface area contributed by atoms with Crippen molar-refractivity contribution >= 4 is 21.6 Å². The molecular formula is C19H24FN4O3S+. The molecule has 1 fully saturated rings. The normalized spacial score (nSPS) is 14.9. The van der Waals surface area contributed by atoms with E-state index in [4.69, 9.17) is 0 Å². The van der Waals surface area contributed by atoms with E-state index in [0.29, 0.717) is 19.5 Å². The van der Waals surface area contributed by atoms with Crippen molar-refractivity contribution in [1.29, 1.82) is 0 Å². The van der Waals surface area contributed by atoms with E-state index >= 15 is 0 Å². The number of benzene rings is 1. The Balaban J connectivity index is 1.40. The van der Waals surface area contributed by atoms with Crippen LogP contribution in [0.25, 0.3) is 0 Å². The van der Waals surface area contributed by atoms with E-state index in [0.717, 1.165) is 30.9 Å². The van der Waals surface area contributed by atoms with Gasteiger partial charge in [-0.25, -0.2) is 22.5 Å². The maximum Gasteiger partial charge on any atom is 0.240 e. The Morgan fingerprint density at radius 3 is 2.32 bits per heavy atom. The molecule has 0 aliphatic carbocycles. The van der Waals surface area contributed by atoms with Crippen LogP contribution in [0, 0.1) is 5.82 Å². The molecule has 150 valence electrons. The van der Waals surface area contributed by atoms with Gasteiger partial charge in [-0.05, 0) is 30.7 Å². The van der Waals surface area contributed by atoms with Crippen LogP contribution in [0.3, 0.4) is 0 Å². The minimum atomic E-state index is -3.69. The van der Waals surface area contributed by atoms with Gasteiger partial charge in [0.25, 0.3) is 0 Å². The van der Waals surface area contributed by atoms with Crippen LogP contribution in [0.5, 0.6) is 0 Å². The predicted octanol–water partition coefficient (Wildman–Crippen LogP) is 1.05. The Hall–Kier alpha value is -2.52. The van der Waals surface area contributed by atoms with Crippen molar-refractivity contribution in [2.75, 3.05) is 37.6 Å². The number of anilines is 1. The molecule has 2 heterocycles. The number of H-pyrrole nitrogens is 1. The molecule has 2 N–H and O–H groups in total. The van der Waals surface area contributed by atoms with Crippen LogP contribution in [-0.4, -0.2) is 51.9 Å². The topological polar surface area (TPSA) is 83.9 Å². The maximum atomic E-state index is 12.9. The van der Waals surface area contributed by atoms with Gasteiger partial charge in [0.2, 0.25) is 15.9 Å². The van der Waals surface area contributed by atoms with E-state index in [1.807, 2.05) is 29.4 Å². The molecule has 9 heteroatoms. The van der Waals surface area contributed by atoms with Gasteiger partial charge in [-0.2, -0.15) is 0 Å². The molecule has 0 radical (unpaired) electrons. The second kappa shape index (κ2) is 9.11. The second-order valence-corrected chi connectivity index (χ2v) is 8.35. The highest BCUT2D eigenvalue weighted by atomic mass is 32.2. The number of carbonyl (C=O) groups is 1. The molecule has 0 unspecified atom stereocenters. The zero-order valence-corrected chi connectivity index (χ0v) is 16.3. The Bertz CT molecular complexity index is 883. The minimum Gasteiger partial charge on any atom is -0.368 e. The molecule has 2 aromatic rings. The first-order chi connectivity index (χ1) is 13.5. The van der Waals surface area contributed by atoms with Crippen molar-refractivity contribution in [1.82, 2.24) is 9.62 Å². The predicted molar refractivity (Wildman–Crippen MR) is 103 cm³/mol. The minimum absolute atomic E-state index is 0.00913. The van der Waals surface area contributed by atoms with Crippen LogP contribution in [0.1, 0.15) is 12.8 Å². The number of carbonyl (C=O) groups excluding carboxylic acids is 1. The highest BCUT2D eigenvalue weighted by Gasteiger charge is 2.21. The van der Waals surface area contributed by atoms with E-state index < -0.39 is 15.8 Å². The zero-order valence-electron chi connectivity index (χ0n) is 15.5. The number of hydrogen-bond donors (Lipinski definition) is 1. The fourth-order valence-corrected chi connectivity index (χ4v) is 4.18. The maximum absolute atomic E-state index is 12.9. The standard InChI is InChI=1S/C19H23FN4O3S/c20-16-3-5-18(6-4-16)28(26,27)22-9-1-2-19(25)24-14-12-23(13-15-24)17-7-10-21-11-8-17/h3-8,10-11,22H,1-2,9,12-15H2/p+1. The van der Waals surface area contributed by atoms with Crippen molar-refractivity contribution in [2.24, 2.45) is 0 Å². The molecule has 28 heavy (non-hydrogen) atoms. The Morgan fingerprint density at radius 1 is 1.04 bits per heavy atom. The first-order valence-electron chi connectivity index (χ1n) is 9.20. The lowest BCUT2D eigenvalue weighted by Gasteiger charge is -2.35. The van der Waals surface area contributed by atoms with E-state index in [1.165, 1.54) is 12.1 Å². The molecule has 1 aromatic carbocycles.